The van der Waals surface area contributed by atoms with Gasteiger partial charge < -0.3 is 10.6 Å². The zero-order valence-electron chi connectivity index (χ0n) is 17.9. The monoisotopic (exact) mass is 518 g/mol. The summed E-state index contributed by atoms with van der Waals surface area (Å²) in [5.74, 6) is 6.72. The first-order valence-electron chi connectivity index (χ1n) is 10.3. The molecule has 1 aliphatic rings. The van der Waals surface area contributed by atoms with Crippen molar-refractivity contribution in [3.05, 3.63) is 53.5 Å². The topological polar surface area (TPSA) is 142 Å². The second-order valence-corrected chi connectivity index (χ2v) is 11.9. The highest BCUT2D eigenvalue weighted by atomic mass is 32.2. The van der Waals surface area contributed by atoms with E-state index in [1.54, 1.807) is 35.8 Å². The Balaban J connectivity index is 1.48. The molecule has 1 aliphatic heterocycles. The lowest BCUT2D eigenvalue weighted by Gasteiger charge is -2.10. The number of hydrogen-bond donors (Lipinski definition) is 4. The summed E-state index contributed by atoms with van der Waals surface area (Å²) >= 11 is 1.15. The molecule has 10 nitrogen and oxygen atoms in total. The molecular formula is C21H22N6O4S3. The lowest BCUT2D eigenvalue weighted by molar-refractivity contribution is 0.579. The Hall–Kier alpha value is -3.02. The van der Waals surface area contributed by atoms with Crippen molar-refractivity contribution in [3.63, 3.8) is 0 Å². The molecule has 0 saturated carbocycles. The number of fused-ring (bicyclic) bond motifs is 4. The van der Waals surface area contributed by atoms with Gasteiger partial charge in [-0.1, -0.05) is 24.0 Å². The predicted molar refractivity (Wildman–Crippen MR) is 131 cm³/mol. The molecule has 0 saturated heterocycles. The van der Waals surface area contributed by atoms with E-state index in [-0.39, 0.29) is 22.2 Å². The van der Waals surface area contributed by atoms with E-state index in [1.807, 2.05) is 0 Å². The molecule has 2 aromatic heterocycles. The van der Waals surface area contributed by atoms with Gasteiger partial charge in [0.05, 0.1) is 16.7 Å². The third-order valence-electron chi connectivity index (χ3n) is 4.65. The summed E-state index contributed by atoms with van der Waals surface area (Å²) in [5.41, 5.74) is 1.08. The number of aromatic nitrogens is 2. The normalized spacial score (nSPS) is 15.3. The molecule has 1 aromatic carbocycles. The molecule has 0 radical (unpaired) electrons. The van der Waals surface area contributed by atoms with Crippen LogP contribution < -0.4 is 20.1 Å². The average Bonchev–Trinajstić information content (AvgIpc) is 3.36. The molecule has 13 heteroatoms. The van der Waals surface area contributed by atoms with Crippen LogP contribution in [0.15, 0.2) is 57.1 Å². The molecule has 0 unspecified atom stereocenters. The lowest BCUT2D eigenvalue weighted by atomic mass is 10.3. The van der Waals surface area contributed by atoms with Gasteiger partial charge in [0.25, 0.3) is 0 Å². The number of thiophene rings is 1. The summed E-state index contributed by atoms with van der Waals surface area (Å²) in [4.78, 5) is 8.92. The van der Waals surface area contributed by atoms with Gasteiger partial charge in [0.2, 0.25) is 26.0 Å². The minimum absolute atomic E-state index is 0.155. The van der Waals surface area contributed by atoms with Crippen LogP contribution in [0, 0.1) is 11.8 Å². The summed E-state index contributed by atoms with van der Waals surface area (Å²) in [6, 6.07) is 9.63. The van der Waals surface area contributed by atoms with Crippen LogP contribution in [0.25, 0.3) is 0 Å². The van der Waals surface area contributed by atoms with Crippen molar-refractivity contribution in [2.75, 3.05) is 30.3 Å². The maximum absolute atomic E-state index is 12.5. The smallest absolute Gasteiger partial charge is 0.250 e. The molecule has 3 heterocycles. The van der Waals surface area contributed by atoms with Crippen molar-refractivity contribution in [2.45, 2.75) is 21.9 Å². The van der Waals surface area contributed by atoms with Crippen molar-refractivity contribution in [3.8, 4) is 11.8 Å². The molecule has 4 rings (SSSR count). The summed E-state index contributed by atoms with van der Waals surface area (Å²) in [5, 5.41) is 7.89. The standard InChI is InChI=1S/C21H22N6O4S3/c28-33(29)18-8-3-7-17(14-18)26-21-23-15-16(20(27-21)22-10-5-12-24-33)6-1-2-11-25-34(30,31)19-9-4-13-32-19/h3-4,7-9,13-15,24-25H,2,5,10-12H2,(H2,22,23,26,27). The van der Waals surface area contributed by atoms with Gasteiger partial charge in [0, 0.05) is 31.7 Å². The Bertz CT molecular complexity index is 1430. The third-order valence-corrected chi connectivity index (χ3v) is 8.97. The molecule has 0 fully saturated rings. The van der Waals surface area contributed by atoms with Crippen LogP contribution in [0.4, 0.5) is 17.5 Å². The van der Waals surface area contributed by atoms with Gasteiger partial charge in [-0.15, -0.1) is 11.3 Å². The van der Waals surface area contributed by atoms with Gasteiger partial charge in [0.1, 0.15) is 10.0 Å². The van der Waals surface area contributed by atoms with Crippen LogP contribution in [0.5, 0.6) is 0 Å². The van der Waals surface area contributed by atoms with Gasteiger partial charge >= 0.3 is 0 Å². The fourth-order valence-corrected chi connectivity index (χ4v) is 6.21. The second kappa shape index (κ2) is 10.5. The zero-order chi connectivity index (χ0) is 24.0. The van der Waals surface area contributed by atoms with Crippen molar-refractivity contribution in [1.29, 1.82) is 0 Å². The van der Waals surface area contributed by atoms with Crippen molar-refractivity contribution < 1.29 is 16.8 Å². The van der Waals surface area contributed by atoms with Gasteiger partial charge in [0.15, 0.2) is 0 Å². The van der Waals surface area contributed by atoms with Crippen molar-refractivity contribution >= 4 is 48.8 Å². The maximum Gasteiger partial charge on any atom is 0.250 e. The summed E-state index contributed by atoms with van der Waals surface area (Å²) in [6.07, 6.45) is 2.40. The second-order valence-electron chi connectivity index (χ2n) is 7.17. The van der Waals surface area contributed by atoms with E-state index >= 15 is 0 Å². The minimum Gasteiger partial charge on any atom is -0.369 e. The van der Waals surface area contributed by atoms with Crippen molar-refractivity contribution in [2.24, 2.45) is 0 Å². The number of rotatable bonds is 4. The number of anilines is 3. The molecule has 0 atom stereocenters. The summed E-state index contributed by atoms with van der Waals surface area (Å²) < 4.78 is 54.6. The maximum atomic E-state index is 12.5. The van der Waals surface area contributed by atoms with E-state index in [4.69, 9.17) is 0 Å². The Morgan fingerprint density at radius 2 is 2.06 bits per heavy atom. The number of benzene rings is 1. The lowest BCUT2D eigenvalue weighted by Crippen LogP contribution is -2.26. The Morgan fingerprint density at radius 1 is 1.18 bits per heavy atom. The molecule has 4 N–H and O–H groups in total. The van der Waals surface area contributed by atoms with E-state index in [9.17, 15) is 16.8 Å². The van der Waals surface area contributed by atoms with E-state index in [2.05, 4.69) is 41.9 Å². The fraction of sp³-hybridized carbons (Fsp3) is 0.238. The molecular weight excluding hydrogens is 496 g/mol. The van der Waals surface area contributed by atoms with E-state index < -0.39 is 20.0 Å². The van der Waals surface area contributed by atoms with Crippen LogP contribution >= 0.6 is 11.3 Å². The largest absolute Gasteiger partial charge is 0.369 e. The number of nitrogens with one attached hydrogen (secondary N) is 4. The molecule has 178 valence electrons. The molecule has 0 amide bonds. The van der Waals surface area contributed by atoms with E-state index in [1.165, 1.54) is 12.1 Å². The highest BCUT2D eigenvalue weighted by Gasteiger charge is 2.16. The van der Waals surface area contributed by atoms with Crippen molar-refractivity contribution in [1.82, 2.24) is 19.4 Å². The molecule has 4 bridgehead atoms. The highest BCUT2D eigenvalue weighted by Crippen LogP contribution is 2.21. The Kier molecular flexibility index (Phi) is 7.44. The van der Waals surface area contributed by atoms with Crippen LogP contribution in [-0.2, 0) is 20.0 Å². The third kappa shape index (κ3) is 6.10. The van der Waals surface area contributed by atoms with Crippen LogP contribution in [0.3, 0.4) is 0 Å². The number of nitrogens with zero attached hydrogens (tertiary/aromatic N) is 2. The van der Waals surface area contributed by atoms with Gasteiger partial charge in [-0.2, -0.15) is 4.98 Å². The SMILES string of the molecule is O=S1(=O)NCCCNc2nc(ncc2C#CCCNS(=O)(=O)c2cccs2)Nc2cccc1c2. The first-order chi connectivity index (χ1) is 16.3. The van der Waals surface area contributed by atoms with Gasteiger partial charge in [-0.3, -0.25) is 0 Å². The van der Waals surface area contributed by atoms with Gasteiger partial charge in [-0.25, -0.2) is 31.3 Å². The molecule has 3 aromatic rings. The fourth-order valence-electron chi connectivity index (χ4n) is 3.02. The number of sulfonamides is 2. The highest BCUT2D eigenvalue weighted by molar-refractivity contribution is 7.91. The van der Waals surface area contributed by atoms with Crippen LogP contribution in [-0.4, -0.2) is 46.4 Å². The van der Waals surface area contributed by atoms with Crippen LogP contribution in [0.1, 0.15) is 18.4 Å². The molecule has 0 spiro atoms. The first-order valence-corrected chi connectivity index (χ1v) is 14.2. The zero-order valence-corrected chi connectivity index (χ0v) is 20.4. The average molecular weight is 519 g/mol. The molecule has 34 heavy (non-hydrogen) atoms. The summed E-state index contributed by atoms with van der Waals surface area (Å²) in [6.45, 7) is 0.898. The van der Waals surface area contributed by atoms with Crippen LogP contribution in [0.2, 0.25) is 0 Å². The predicted octanol–water partition coefficient (Wildman–Crippen LogP) is 2.10. The molecule has 0 aliphatic carbocycles. The first kappa shape index (κ1) is 24.1. The van der Waals surface area contributed by atoms with Gasteiger partial charge in [-0.05, 0) is 36.1 Å². The number of hydrogen-bond acceptors (Lipinski definition) is 9. The van der Waals surface area contributed by atoms with E-state index in [0.717, 1.165) is 11.3 Å². The summed E-state index contributed by atoms with van der Waals surface area (Å²) in [7, 11) is -7.14. The Labute approximate surface area is 202 Å². The minimum atomic E-state index is -3.62. The quantitative estimate of drug-likeness (QED) is 0.304. The Morgan fingerprint density at radius 3 is 2.88 bits per heavy atom. The van der Waals surface area contributed by atoms with E-state index in [0.29, 0.717) is 42.4 Å².